The van der Waals surface area contributed by atoms with E-state index in [0.717, 1.165) is 17.4 Å². The van der Waals surface area contributed by atoms with Crippen LogP contribution in [0.3, 0.4) is 0 Å². The molecule has 0 aromatic heterocycles. The number of hydrogen-bond donors (Lipinski definition) is 0. The first-order valence-electron chi connectivity index (χ1n) is 7.87. The number of halogens is 1. The Morgan fingerprint density at radius 2 is 1.68 bits per heavy atom. The maximum atomic E-state index is 11.3. The number of aldehydes is 1. The van der Waals surface area contributed by atoms with E-state index in [-0.39, 0.29) is 0 Å². The van der Waals surface area contributed by atoms with E-state index in [0.29, 0.717) is 33.9 Å². The number of ether oxygens (including phenoxy) is 2. The lowest BCUT2D eigenvalue weighted by Gasteiger charge is -2.16. The summed E-state index contributed by atoms with van der Waals surface area (Å²) < 4.78 is 12.8. The highest BCUT2D eigenvalue weighted by Crippen LogP contribution is 2.38. The van der Waals surface area contributed by atoms with Gasteiger partial charge in [0.25, 0.3) is 0 Å². The van der Waals surface area contributed by atoms with Gasteiger partial charge in [0.15, 0.2) is 23.5 Å². The van der Waals surface area contributed by atoms with Crippen molar-refractivity contribution >= 4 is 22.2 Å². The molecule has 3 aromatic rings. The van der Waals surface area contributed by atoms with Crippen LogP contribution in [-0.4, -0.2) is 6.29 Å². The second-order valence-electron chi connectivity index (χ2n) is 5.55. The van der Waals surface area contributed by atoms with Gasteiger partial charge in [-0.3, -0.25) is 4.79 Å². The van der Waals surface area contributed by atoms with E-state index in [2.05, 4.69) is 15.9 Å². The van der Waals surface area contributed by atoms with Crippen LogP contribution >= 0.6 is 15.9 Å². The Kier molecular flexibility index (Phi) is 5.51. The number of carbonyl (C=O) groups is 1. The molecule has 3 rings (SSSR count). The molecule has 0 spiro atoms. The maximum absolute atomic E-state index is 11.3. The van der Waals surface area contributed by atoms with E-state index in [1.165, 1.54) is 0 Å². The van der Waals surface area contributed by atoms with Crippen molar-refractivity contribution in [3.8, 4) is 17.2 Å². The van der Waals surface area contributed by atoms with Crippen molar-refractivity contribution in [2.45, 2.75) is 13.5 Å². The Labute approximate surface area is 155 Å². The number of hydrogen-bond acceptors (Lipinski definition) is 3. The Morgan fingerprint density at radius 1 is 0.920 bits per heavy atom. The molecule has 0 radical (unpaired) electrons. The van der Waals surface area contributed by atoms with E-state index >= 15 is 0 Å². The zero-order chi connectivity index (χ0) is 17.6. The summed E-state index contributed by atoms with van der Waals surface area (Å²) in [5, 5.41) is 0. The molecule has 126 valence electrons. The number of carbonyl (C=O) groups excluding carboxylic acids is 1. The monoisotopic (exact) mass is 396 g/mol. The normalized spacial score (nSPS) is 10.3. The summed E-state index contributed by atoms with van der Waals surface area (Å²) in [5.74, 6) is 1.72. The molecule has 0 saturated heterocycles. The molecule has 0 aliphatic heterocycles. The van der Waals surface area contributed by atoms with Gasteiger partial charge in [-0.1, -0.05) is 48.5 Å². The topological polar surface area (TPSA) is 35.5 Å². The largest absolute Gasteiger partial charge is 0.485 e. The van der Waals surface area contributed by atoms with Crippen molar-refractivity contribution < 1.29 is 14.3 Å². The summed E-state index contributed by atoms with van der Waals surface area (Å²) in [7, 11) is 0. The zero-order valence-electron chi connectivity index (χ0n) is 13.7. The van der Waals surface area contributed by atoms with Crippen LogP contribution in [0.5, 0.6) is 17.2 Å². The van der Waals surface area contributed by atoms with Gasteiger partial charge in [0, 0.05) is 0 Å². The molecule has 4 heteroatoms. The molecule has 0 unspecified atom stereocenters. The van der Waals surface area contributed by atoms with E-state index in [1.54, 1.807) is 12.1 Å². The van der Waals surface area contributed by atoms with Crippen molar-refractivity contribution in [3.63, 3.8) is 0 Å². The quantitative estimate of drug-likeness (QED) is 0.483. The summed E-state index contributed by atoms with van der Waals surface area (Å²) in [4.78, 5) is 11.3. The van der Waals surface area contributed by atoms with Crippen molar-refractivity contribution in [1.82, 2.24) is 0 Å². The molecule has 3 aromatic carbocycles. The van der Waals surface area contributed by atoms with E-state index in [4.69, 9.17) is 9.47 Å². The SMILES string of the molecule is Cc1cccc(Oc2c(Br)cccc2C=O)c1OCc1ccccc1. The fourth-order valence-corrected chi connectivity index (χ4v) is 2.92. The van der Waals surface area contributed by atoms with Crippen LogP contribution in [0.25, 0.3) is 0 Å². The van der Waals surface area contributed by atoms with E-state index < -0.39 is 0 Å². The third kappa shape index (κ3) is 4.09. The lowest BCUT2D eigenvalue weighted by atomic mass is 10.2. The Bertz CT molecular complexity index is 876. The molecule has 25 heavy (non-hydrogen) atoms. The molecule has 0 bridgehead atoms. The van der Waals surface area contributed by atoms with Crippen molar-refractivity contribution in [2.75, 3.05) is 0 Å². The fraction of sp³-hybridized carbons (Fsp3) is 0.0952. The summed E-state index contributed by atoms with van der Waals surface area (Å²) in [6.07, 6.45) is 0.778. The third-order valence-corrected chi connectivity index (χ3v) is 4.36. The van der Waals surface area contributed by atoms with Crippen LogP contribution in [0.15, 0.2) is 71.2 Å². The van der Waals surface area contributed by atoms with Gasteiger partial charge in [-0.15, -0.1) is 0 Å². The van der Waals surface area contributed by atoms with Gasteiger partial charge in [0.1, 0.15) is 6.61 Å². The molecule has 0 amide bonds. The van der Waals surface area contributed by atoms with Gasteiger partial charge >= 0.3 is 0 Å². The third-order valence-electron chi connectivity index (χ3n) is 3.74. The second kappa shape index (κ2) is 7.99. The summed E-state index contributed by atoms with van der Waals surface area (Å²) >= 11 is 3.44. The van der Waals surface area contributed by atoms with Crippen molar-refractivity contribution in [3.05, 3.63) is 87.9 Å². The Morgan fingerprint density at radius 3 is 2.44 bits per heavy atom. The van der Waals surface area contributed by atoms with Gasteiger partial charge in [-0.05, 0) is 52.2 Å². The number of para-hydroxylation sites is 2. The summed E-state index contributed by atoms with van der Waals surface area (Å²) in [6.45, 7) is 2.41. The van der Waals surface area contributed by atoms with E-state index in [9.17, 15) is 4.79 Å². The van der Waals surface area contributed by atoms with Crippen LogP contribution in [0.4, 0.5) is 0 Å². The minimum absolute atomic E-state index is 0.443. The molecular formula is C21H17BrO3. The Balaban J connectivity index is 1.90. The first-order chi connectivity index (χ1) is 12.2. The highest BCUT2D eigenvalue weighted by Gasteiger charge is 2.14. The molecule has 3 nitrogen and oxygen atoms in total. The molecule has 0 atom stereocenters. The first-order valence-corrected chi connectivity index (χ1v) is 8.66. The predicted octanol–water partition coefficient (Wildman–Crippen LogP) is 5.94. The van der Waals surface area contributed by atoms with Gasteiger partial charge in [-0.25, -0.2) is 0 Å². The highest BCUT2D eigenvalue weighted by atomic mass is 79.9. The van der Waals surface area contributed by atoms with Gasteiger partial charge < -0.3 is 9.47 Å². The molecular weight excluding hydrogens is 380 g/mol. The number of benzene rings is 3. The summed E-state index contributed by atoms with van der Waals surface area (Å²) in [6, 6.07) is 21.0. The van der Waals surface area contributed by atoms with Crippen LogP contribution in [-0.2, 0) is 6.61 Å². The van der Waals surface area contributed by atoms with Gasteiger partial charge in [0.2, 0.25) is 0 Å². The number of aryl methyl sites for hydroxylation is 1. The lowest BCUT2D eigenvalue weighted by Crippen LogP contribution is -2.00. The predicted molar refractivity (Wildman–Crippen MR) is 102 cm³/mol. The fourth-order valence-electron chi connectivity index (χ4n) is 2.46. The van der Waals surface area contributed by atoms with Crippen LogP contribution in [0.2, 0.25) is 0 Å². The molecule has 0 N–H and O–H groups in total. The average Bonchev–Trinajstić information content (AvgIpc) is 2.63. The minimum Gasteiger partial charge on any atom is -0.485 e. The van der Waals surface area contributed by atoms with Crippen molar-refractivity contribution in [2.24, 2.45) is 0 Å². The van der Waals surface area contributed by atoms with Crippen LogP contribution < -0.4 is 9.47 Å². The average molecular weight is 397 g/mol. The second-order valence-corrected chi connectivity index (χ2v) is 6.41. The maximum Gasteiger partial charge on any atom is 0.169 e. The molecule has 0 fully saturated rings. The van der Waals surface area contributed by atoms with Crippen LogP contribution in [0, 0.1) is 6.92 Å². The van der Waals surface area contributed by atoms with Gasteiger partial charge in [0.05, 0.1) is 10.0 Å². The standard InChI is InChI=1S/C21H17BrO3/c1-15-7-5-12-19(20(15)24-14-16-8-3-2-4-9-16)25-21-17(13-23)10-6-11-18(21)22/h2-13H,14H2,1H3. The molecule has 0 aliphatic rings. The molecule has 0 saturated carbocycles. The van der Waals surface area contributed by atoms with Crippen LogP contribution in [0.1, 0.15) is 21.5 Å². The van der Waals surface area contributed by atoms with Gasteiger partial charge in [-0.2, -0.15) is 0 Å². The highest BCUT2D eigenvalue weighted by molar-refractivity contribution is 9.10. The molecule has 0 heterocycles. The summed E-state index contributed by atoms with van der Waals surface area (Å²) in [5.41, 5.74) is 2.52. The van der Waals surface area contributed by atoms with Crippen molar-refractivity contribution in [1.29, 1.82) is 0 Å². The molecule has 0 aliphatic carbocycles. The minimum atomic E-state index is 0.443. The smallest absolute Gasteiger partial charge is 0.169 e. The Hall–Kier alpha value is -2.59. The first kappa shape index (κ1) is 17.2. The zero-order valence-corrected chi connectivity index (χ0v) is 15.3. The number of rotatable bonds is 6. The lowest BCUT2D eigenvalue weighted by molar-refractivity contribution is 0.112. The van der Waals surface area contributed by atoms with E-state index in [1.807, 2.05) is 61.5 Å².